The van der Waals surface area contributed by atoms with Crippen molar-refractivity contribution in [2.45, 2.75) is 32.6 Å². The number of pyridine rings is 1. The lowest BCUT2D eigenvalue weighted by atomic mass is 10.2. The maximum absolute atomic E-state index is 4.82. The number of anilines is 2. The minimum absolute atomic E-state index is 0.756. The number of benzene rings is 1. The first kappa shape index (κ1) is 19.8. The average molecular weight is 376 g/mol. The summed E-state index contributed by atoms with van der Waals surface area (Å²) in [5, 5.41) is 3.47. The zero-order chi connectivity index (χ0) is 19.6. The zero-order valence-corrected chi connectivity index (χ0v) is 16.8. The highest BCUT2D eigenvalue weighted by Crippen LogP contribution is 2.22. The molecule has 0 unspecified atom stereocenters. The molecule has 5 nitrogen and oxygen atoms in total. The molecular weight excluding hydrogens is 346 g/mol. The van der Waals surface area contributed by atoms with Crippen molar-refractivity contribution in [2.75, 3.05) is 30.4 Å². The lowest BCUT2D eigenvalue weighted by Gasteiger charge is -2.20. The predicted octanol–water partition coefficient (Wildman–Crippen LogP) is 4.82. The highest BCUT2D eigenvalue weighted by atomic mass is 15.2. The molecule has 5 heteroatoms. The molecule has 0 saturated carbocycles. The number of hydrogen-bond acceptors (Lipinski definition) is 5. The molecule has 0 amide bonds. The van der Waals surface area contributed by atoms with Crippen molar-refractivity contribution in [2.24, 2.45) is 0 Å². The molecule has 0 bridgehead atoms. The number of aromatic nitrogens is 3. The van der Waals surface area contributed by atoms with Gasteiger partial charge in [0, 0.05) is 44.2 Å². The van der Waals surface area contributed by atoms with E-state index in [0.29, 0.717) is 0 Å². The van der Waals surface area contributed by atoms with Crippen LogP contribution in [0.2, 0.25) is 0 Å². The molecular formula is C23H29N5. The summed E-state index contributed by atoms with van der Waals surface area (Å²) in [6.07, 6.45) is 8.21. The van der Waals surface area contributed by atoms with E-state index in [0.717, 1.165) is 49.0 Å². The normalized spacial score (nSPS) is 10.6. The fourth-order valence-corrected chi connectivity index (χ4v) is 2.99. The van der Waals surface area contributed by atoms with Gasteiger partial charge in [-0.15, -0.1) is 0 Å². The van der Waals surface area contributed by atoms with E-state index in [2.05, 4.69) is 53.4 Å². The van der Waals surface area contributed by atoms with Crippen molar-refractivity contribution >= 4 is 11.6 Å². The quantitative estimate of drug-likeness (QED) is 0.515. The Hall–Kier alpha value is -2.95. The Bertz CT molecular complexity index is 836. The van der Waals surface area contributed by atoms with Gasteiger partial charge < -0.3 is 10.2 Å². The summed E-state index contributed by atoms with van der Waals surface area (Å²) < 4.78 is 0. The number of unbranched alkanes of at least 4 members (excludes halogenated alkanes) is 2. The van der Waals surface area contributed by atoms with Crippen LogP contribution in [0.5, 0.6) is 0 Å². The van der Waals surface area contributed by atoms with Gasteiger partial charge in [-0.05, 0) is 30.5 Å². The van der Waals surface area contributed by atoms with Gasteiger partial charge in [0.1, 0.15) is 11.6 Å². The standard InChI is InChI=1S/C23H29N5/c1-3-4-8-14-25-21-18-22(27-23(26-21)20-9-6-5-7-10-20)28(2)17-13-19-11-15-24-16-12-19/h5-7,9-12,15-16,18H,3-4,8,13-14,17H2,1-2H3,(H,25,26,27). The first-order valence-electron chi connectivity index (χ1n) is 10.0. The van der Waals surface area contributed by atoms with E-state index >= 15 is 0 Å². The molecule has 1 aromatic carbocycles. The van der Waals surface area contributed by atoms with Gasteiger partial charge in [-0.25, -0.2) is 9.97 Å². The molecule has 3 rings (SSSR count). The molecule has 3 aromatic rings. The molecule has 0 radical (unpaired) electrons. The Morgan fingerprint density at radius 2 is 1.75 bits per heavy atom. The zero-order valence-electron chi connectivity index (χ0n) is 16.8. The largest absolute Gasteiger partial charge is 0.370 e. The van der Waals surface area contributed by atoms with Crippen LogP contribution in [-0.4, -0.2) is 35.1 Å². The maximum atomic E-state index is 4.82. The molecule has 1 N–H and O–H groups in total. The number of nitrogens with zero attached hydrogens (tertiary/aromatic N) is 4. The minimum atomic E-state index is 0.756. The molecule has 0 saturated heterocycles. The lowest BCUT2D eigenvalue weighted by molar-refractivity contribution is 0.742. The molecule has 146 valence electrons. The number of hydrogen-bond donors (Lipinski definition) is 1. The van der Waals surface area contributed by atoms with Gasteiger partial charge in [0.15, 0.2) is 5.82 Å². The van der Waals surface area contributed by atoms with Crippen LogP contribution in [0.4, 0.5) is 11.6 Å². The summed E-state index contributed by atoms with van der Waals surface area (Å²) in [4.78, 5) is 15.8. The highest BCUT2D eigenvalue weighted by molar-refractivity contribution is 5.61. The van der Waals surface area contributed by atoms with Crippen molar-refractivity contribution in [3.63, 3.8) is 0 Å². The molecule has 0 atom stereocenters. The smallest absolute Gasteiger partial charge is 0.163 e. The molecule has 2 heterocycles. The molecule has 0 spiro atoms. The molecule has 28 heavy (non-hydrogen) atoms. The summed E-state index contributed by atoms with van der Waals surface area (Å²) in [6, 6.07) is 16.3. The second kappa shape index (κ2) is 10.4. The van der Waals surface area contributed by atoms with E-state index in [1.807, 2.05) is 36.7 Å². The van der Waals surface area contributed by atoms with Crippen molar-refractivity contribution in [3.8, 4) is 11.4 Å². The Morgan fingerprint density at radius 1 is 0.964 bits per heavy atom. The summed E-state index contributed by atoms with van der Waals surface area (Å²) in [5.41, 5.74) is 2.31. The van der Waals surface area contributed by atoms with Gasteiger partial charge in [0.2, 0.25) is 0 Å². The minimum Gasteiger partial charge on any atom is -0.370 e. The molecule has 0 fully saturated rings. The maximum Gasteiger partial charge on any atom is 0.163 e. The Morgan fingerprint density at radius 3 is 2.50 bits per heavy atom. The third kappa shape index (κ3) is 5.78. The Balaban J connectivity index is 1.77. The summed E-state index contributed by atoms with van der Waals surface area (Å²) in [5.74, 6) is 2.57. The Labute approximate surface area is 167 Å². The number of nitrogens with one attached hydrogen (secondary N) is 1. The first-order valence-corrected chi connectivity index (χ1v) is 10.0. The van der Waals surface area contributed by atoms with Crippen LogP contribution in [-0.2, 0) is 6.42 Å². The van der Waals surface area contributed by atoms with E-state index < -0.39 is 0 Å². The van der Waals surface area contributed by atoms with E-state index in [4.69, 9.17) is 9.97 Å². The number of likely N-dealkylation sites (N-methyl/N-ethyl adjacent to an activating group) is 1. The SMILES string of the molecule is CCCCCNc1cc(N(C)CCc2ccncc2)nc(-c2ccccc2)n1. The molecule has 2 aromatic heterocycles. The van der Waals surface area contributed by atoms with Crippen LogP contribution >= 0.6 is 0 Å². The van der Waals surface area contributed by atoms with E-state index in [1.165, 1.54) is 18.4 Å². The number of rotatable bonds is 10. The highest BCUT2D eigenvalue weighted by Gasteiger charge is 2.10. The summed E-state index contributed by atoms with van der Waals surface area (Å²) >= 11 is 0. The second-order valence-corrected chi connectivity index (χ2v) is 6.96. The topological polar surface area (TPSA) is 53.9 Å². The third-order valence-electron chi connectivity index (χ3n) is 4.71. The molecule has 0 aliphatic carbocycles. The average Bonchev–Trinajstić information content (AvgIpc) is 2.76. The monoisotopic (exact) mass is 375 g/mol. The van der Waals surface area contributed by atoms with Crippen LogP contribution < -0.4 is 10.2 Å². The third-order valence-corrected chi connectivity index (χ3v) is 4.71. The summed E-state index contributed by atoms with van der Waals surface area (Å²) in [6.45, 7) is 4.03. The summed E-state index contributed by atoms with van der Waals surface area (Å²) in [7, 11) is 2.08. The van der Waals surface area contributed by atoms with Crippen molar-refractivity contribution in [1.29, 1.82) is 0 Å². The van der Waals surface area contributed by atoms with Gasteiger partial charge >= 0.3 is 0 Å². The van der Waals surface area contributed by atoms with Crippen molar-refractivity contribution < 1.29 is 0 Å². The van der Waals surface area contributed by atoms with Crippen molar-refractivity contribution in [3.05, 3.63) is 66.5 Å². The van der Waals surface area contributed by atoms with Crippen LogP contribution in [0.1, 0.15) is 31.7 Å². The fourth-order valence-electron chi connectivity index (χ4n) is 2.99. The van der Waals surface area contributed by atoms with E-state index in [-0.39, 0.29) is 0 Å². The van der Waals surface area contributed by atoms with Crippen LogP contribution in [0.25, 0.3) is 11.4 Å². The van der Waals surface area contributed by atoms with Gasteiger partial charge in [-0.2, -0.15) is 0 Å². The predicted molar refractivity (Wildman–Crippen MR) is 117 cm³/mol. The van der Waals surface area contributed by atoms with E-state index in [1.54, 1.807) is 0 Å². The second-order valence-electron chi connectivity index (χ2n) is 6.96. The Kier molecular flexibility index (Phi) is 7.36. The van der Waals surface area contributed by atoms with E-state index in [9.17, 15) is 0 Å². The van der Waals surface area contributed by atoms with Gasteiger partial charge in [-0.3, -0.25) is 4.98 Å². The van der Waals surface area contributed by atoms with Crippen LogP contribution in [0, 0.1) is 0 Å². The van der Waals surface area contributed by atoms with Crippen molar-refractivity contribution in [1.82, 2.24) is 15.0 Å². The molecule has 0 aliphatic heterocycles. The van der Waals surface area contributed by atoms with Gasteiger partial charge in [-0.1, -0.05) is 50.1 Å². The first-order chi connectivity index (χ1) is 13.8. The fraction of sp³-hybridized carbons (Fsp3) is 0.348. The van der Waals surface area contributed by atoms with Crippen LogP contribution in [0.15, 0.2) is 60.9 Å². The van der Waals surface area contributed by atoms with Gasteiger partial charge in [0.05, 0.1) is 0 Å². The lowest BCUT2D eigenvalue weighted by Crippen LogP contribution is -2.22. The van der Waals surface area contributed by atoms with Gasteiger partial charge in [0.25, 0.3) is 0 Å². The van der Waals surface area contributed by atoms with Crippen LogP contribution in [0.3, 0.4) is 0 Å². The molecule has 0 aliphatic rings.